The minimum absolute atomic E-state index is 0.0997. The first-order chi connectivity index (χ1) is 15.4. The highest BCUT2D eigenvalue weighted by atomic mass is 19.1. The number of ether oxygens (including phenoxy) is 2. The fraction of sp³-hybridized carbons (Fsp3) is 0.429. The van der Waals surface area contributed by atoms with E-state index in [-0.39, 0.29) is 41.8 Å². The molecule has 2 N–H and O–H groups in total. The van der Waals surface area contributed by atoms with Crippen molar-refractivity contribution in [2.24, 2.45) is 13.0 Å². The Hall–Kier alpha value is -3.47. The average molecular weight is 443 g/mol. The first-order valence-electron chi connectivity index (χ1n) is 10.3. The minimum Gasteiger partial charge on any atom is -0.477 e. The molecule has 2 atom stereocenters. The molecule has 0 bridgehead atoms. The molecule has 0 aromatic carbocycles. The van der Waals surface area contributed by atoms with Crippen molar-refractivity contribution >= 4 is 28.6 Å². The van der Waals surface area contributed by atoms with Crippen molar-refractivity contribution < 1.29 is 18.7 Å². The summed E-state index contributed by atoms with van der Waals surface area (Å²) >= 11 is 0. The Bertz CT molecular complexity index is 1140. The van der Waals surface area contributed by atoms with Gasteiger partial charge in [-0.25, -0.2) is 4.39 Å². The number of hydrogen-bond acceptors (Lipinski definition) is 7. The molecule has 4 rings (SSSR count). The van der Waals surface area contributed by atoms with E-state index in [1.165, 1.54) is 12.3 Å². The number of rotatable bonds is 8. The van der Waals surface area contributed by atoms with E-state index in [4.69, 9.17) is 9.47 Å². The largest absolute Gasteiger partial charge is 0.477 e. The summed E-state index contributed by atoms with van der Waals surface area (Å²) in [6, 6.07) is 0. The molecule has 1 saturated heterocycles. The van der Waals surface area contributed by atoms with Crippen molar-refractivity contribution in [2.75, 3.05) is 32.1 Å². The third-order valence-electron chi connectivity index (χ3n) is 5.54. The number of halogens is 1. The van der Waals surface area contributed by atoms with Gasteiger partial charge >= 0.3 is 0 Å². The summed E-state index contributed by atoms with van der Waals surface area (Å²) in [5.41, 5.74) is 1.94. The lowest BCUT2D eigenvalue weighted by Crippen LogP contribution is -2.28. The zero-order valence-electron chi connectivity index (χ0n) is 18.3. The maximum absolute atomic E-state index is 14.4. The Morgan fingerprint density at radius 1 is 1.44 bits per heavy atom. The van der Waals surface area contributed by atoms with Crippen molar-refractivity contribution in [3.05, 3.63) is 36.6 Å². The molecule has 1 amide bonds. The van der Waals surface area contributed by atoms with Crippen LogP contribution in [0, 0.1) is 11.7 Å². The smallest absolute Gasteiger partial charge is 0.246 e. The van der Waals surface area contributed by atoms with Crippen LogP contribution in [0.5, 0.6) is 5.88 Å². The second kappa shape index (κ2) is 8.95. The molecular formula is C21H26FN7O3. The van der Waals surface area contributed by atoms with Crippen LogP contribution in [0.1, 0.15) is 12.6 Å². The van der Waals surface area contributed by atoms with Crippen molar-refractivity contribution in [3.8, 4) is 5.88 Å². The van der Waals surface area contributed by atoms with Gasteiger partial charge in [0.25, 0.3) is 0 Å². The van der Waals surface area contributed by atoms with Crippen molar-refractivity contribution in [3.63, 3.8) is 0 Å². The van der Waals surface area contributed by atoms with Crippen LogP contribution in [0.3, 0.4) is 0 Å². The van der Waals surface area contributed by atoms with Gasteiger partial charge in [0.1, 0.15) is 11.0 Å². The normalized spacial score (nSPS) is 18.3. The van der Waals surface area contributed by atoms with Gasteiger partial charge < -0.3 is 24.7 Å². The highest BCUT2D eigenvalue weighted by molar-refractivity contribution is 5.87. The van der Waals surface area contributed by atoms with Crippen LogP contribution < -0.4 is 10.1 Å². The van der Waals surface area contributed by atoms with Gasteiger partial charge in [0.05, 0.1) is 24.1 Å². The second-order valence-corrected chi connectivity index (χ2v) is 7.65. The number of aryl methyl sites for hydroxylation is 2. The van der Waals surface area contributed by atoms with Crippen molar-refractivity contribution in [2.45, 2.75) is 19.4 Å². The van der Waals surface area contributed by atoms with Crippen LogP contribution in [0.25, 0.3) is 11.0 Å². The average Bonchev–Trinajstić information content (AvgIpc) is 3.48. The number of H-pyrrole nitrogens is 1. The van der Waals surface area contributed by atoms with Gasteiger partial charge in [0, 0.05) is 45.6 Å². The summed E-state index contributed by atoms with van der Waals surface area (Å²) in [5.74, 6) is -0.394. The number of nitrogens with one attached hydrogen (secondary N) is 2. The lowest BCUT2D eigenvalue weighted by Gasteiger charge is -2.17. The number of likely N-dealkylation sites (tertiary alicyclic amines) is 1. The number of methoxy groups -OCH3 is 1. The zero-order valence-corrected chi connectivity index (χ0v) is 18.3. The Morgan fingerprint density at radius 2 is 2.25 bits per heavy atom. The highest BCUT2D eigenvalue weighted by Gasteiger charge is 2.35. The third kappa shape index (κ3) is 4.15. The molecule has 11 heteroatoms. The first kappa shape index (κ1) is 21.8. The van der Waals surface area contributed by atoms with Gasteiger partial charge in [-0.3, -0.25) is 9.48 Å². The number of aromatic nitrogens is 5. The zero-order chi connectivity index (χ0) is 22.8. The number of fused-ring (bicyclic) bond motifs is 1. The van der Waals surface area contributed by atoms with Crippen LogP contribution in [-0.2, 0) is 23.0 Å². The number of anilines is 2. The molecule has 1 aliphatic rings. The predicted molar refractivity (Wildman–Crippen MR) is 116 cm³/mol. The van der Waals surface area contributed by atoms with Crippen LogP contribution in [-0.4, -0.2) is 68.4 Å². The Kier molecular flexibility index (Phi) is 6.08. The second-order valence-electron chi connectivity index (χ2n) is 7.65. The summed E-state index contributed by atoms with van der Waals surface area (Å²) < 4.78 is 27.6. The molecule has 3 aromatic rings. The maximum Gasteiger partial charge on any atom is 0.246 e. The molecule has 4 heterocycles. The molecule has 170 valence electrons. The maximum atomic E-state index is 14.4. The molecule has 0 aliphatic carbocycles. The molecule has 2 unspecified atom stereocenters. The molecule has 1 aliphatic heterocycles. The van der Waals surface area contributed by atoms with E-state index < -0.39 is 5.82 Å². The Morgan fingerprint density at radius 3 is 2.97 bits per heavy atom. The molecular weight excluding hydrogens is 417 g/mol. The number of nitrogens with zero attached hydrogens (tertiary/aromatic N) is 5. The van der Waals surface area contributed by atoms with Crippen LogP contribution in [0.15, 0.2) is 25.0 Å². The molecule has 0 saturated carbocycles. The Labute approximate surface area is 184 Å². The van der Waals surface area contributed by atoms with Gasteiger partial charge in [-0.15, -0.1) is 0 Å². The van der Waals surface area contributed by atoms with Crippen LogP contribution >= 0.6 is 0 Å². The molecule has 0 spiro atoms. The van der Waals surface area contributed by atoms with E-state index >= 15 is 0 Å². The highest BCUT2D eigenvalue weighted by Crippen LogP contribution is 2.29. The number of hydrogen-bond donors (Lipinski definition) is 2. The Balaban J connectivity index is 1.58. The number of aromatic amines is 1. The first-order valence-corrected chi connectivity index (χ1v) is 10.3. The van der Waals surface area contributed by atoms with Gasteiger partial charge in [0.15, 0.2) is 5.82 Å². The SMILES string of the molecule is C=CC(=O)N1CC(COc2nc(Nc3cn(C)nc3CC)nc3[nH]cc(F)c23)C(OC)C1. The fourth-order valence-electron chi connectivity index (χ4n) is 3.91. The number of amides is 1. The van der Waals surface area contributed by atoms with Gasteiger partial charge in [-0.05, 0) is 12.5 Å². The lowest BCUT2D eigenvalue weighted by atomic mass is 10.1. The summed E-state index contributed by atoms with van der Waals surface area (Å²) in [5, 5.41) is 7.71. The van der Waals surface area contributed by atoms with E-state index in [2.05, 4.69) is 31.9 Å². The van der Waals surface area contributed by atoms with Gasteiger partial charge in [-0.1, -0.05) is 13.5 Å². The fourth-order valence-corrected chi connectivity index (χ4v) is 3.91. The molecule has 0 radical (unpaired) electrons. The van der Waals surface area contributed by atoms with Crippen LogP contribution in [0.4, 0.5) is 16.0 Å². The van der Waals surface area contributed by atoms with E-state index in [1.807, 2.05) is 20.2 Å². The monoisotopic (exact) mass is 443 g/mol. The summed E-state index contributed by atoms with van der Waals surface area (Å²) in [7, 11) is 3.42. The number of carbonyl (C=O) groups is 1. The summed E-state index contributed by atoms with van der Waals surface area (Å²) in [6.07, 6.45) is 4.85. The van der Waals surface area contributed by atoms with E-state index in [0.29, 0.717) is 18.7 Å². The molecule has 3 aromatic heterocycles. The van der Waals surface area contributed by atoms with E-state index in [1.54, 1.807) is 16.7 Å². The minimum atomic E-state index is -0.504. The van der Waals surface area contributed by atoms with Crippen LogP contribution in [0.2, 0.25) is 0 Å². The number of carbonyl (C=O) groups excluding carboxylic acids is 1. The third-order valence-corrected chi connectivity index (χ3v) is 5.54. The molecule has 10 nitrogen and oxygen atoms in total. The quantitative estimate of drug-likeness (QED) is 0.514. The van der Waals surface area contributed by atoms with Gasteiger partial charge in [0.2, 0.25) is 17.7 Å². The van der Waals surface area contributed by atoms with Crippen molar-refractivity contribution in [1.82, 2.24) is 29.6 Å². The van der Waals surface area contributed by atoms with E-state index in [0.717, 1.165) is 17.8 Å². The summed E-state index contributed by atoms with van der Waals surface area (Å²) in [4.78, 5) is 25.2. The lowest BCUT2D eigenvalue weighted by molar-refractivity contribution is -0.125. The molecule has 32 heavy (non-hydrogen) atoms. The van der Waals surface area contributed by atoms with E-state index in [9.17, 15) is 9.18 Å². The topological polar surface area (TPSA) is 110 Å². The predicted octanol–water partition coefficient (Wildman–Crippen LogP) is 2.17. The molecule has 1 fully saturated rings. The summed E-state index contributed by atoms with van der Waals surface area (Å²) in [6.45, 7) is 6.63. The standard InChI is InChI=1S/C21H26FN7O3/c1-5-14-15(9-28(3)27-14)24-21-25-19-18(13(22)7-23-19)20(26-21)32-11-12-8-29(17(30)6-2)10-16(12)31-4/h6-7,9,12,16H,2,5,8,10-11H2,1,3-4H3,(H2,23,24,25,26). The van der Waals surface area contributed by atoms with Crippen molar-refractivity contribution in [1.29, 1.82) is 0 Å². The van der Waals surface area contributed by atoms with Gasteiger partial charge in [-0.2, -0.15) is 15.1 Å².